The van der Waals surface area contributed by atoms with E-state index in [0.717, 1.165) is 26.2 Å². The molecule has 5 nitrogen and oxygen atoms in total. The number of nitrogens with zero attached hydrogens (tertiary/aromatic N) is 1. The zero-order valence-electron chi connectivity index (χ0n) is 6.99. The lowest BCUT2D eigenvalue weighted by Crippen LogP contribution is -2.52. The average Bonchev–Trinajstić information content (AvgIpc) is 2.05. The van der Waals surface area contributed by atoms with E-state index in [9.17, 15) is 4.79 Å². The molecule has 0 radical (unpaired) electrons. The van der Waals surface area contributed by atoms with Crippen molar-refractivity contribution in [3.05, 3.63) is 0 Å². The normalized spacial score (nSPS) is 22.1. The summed E-state index contributed by atoms with van der Waals surface area (Å²) in [7, 11) is 0. The first kappa shape index (κ1) is 9.44. The third-order valence-electron chi connectivity index (χ3n) is 2.00. The molecule has 0 aromatic heterocycles. The molecule has 12 heavy (non-hydrogen) atoms. The largest absolute Gasteiger partial charge is 0.481 e. The van der Waals surface area contributed by atoms with Gasteiger partial charge in [-0.2, -0.15) is 0 Å². The van der Waals surface area contributed by atoms with Gasteiger partial charge in [-0.3, -0.25) is 9.69 Å². The lowest BCUT2D eigenvalue weighted by Gasteiger charge is -2.31. The van der Waals surface area contributed by atoms with Gasteiger partial charge in [0.1, 0.15) is 0 Å². The van der Waals surface area contributed by atoms with E-state index in [1.807, 2.05) is 4.90 Å². The van der Waals surface area contributed by atoms with Gasteiger partial charge in [-0.25, -0.2) is 0 Å². The Morgan fingerprint density at radius 1 is 1.58 bits per heavy atom. The van der Waals surface area contributed by atoms with Crippen molar-refractivity contribution in [2.24, 2.45) is 5.73 Å². The van der Waals surface area contributed by atoms with Crippen molar-refractivity contribution >= 4 is 5.97 Å². The first-order valence-corrected chi connectivity index (χ1v) is 4.12. The quantitative estimate of drug-likeness (QED) is 0.492. The lowest BCUT2D eigenvalue weighted by molar-refractivity contribution is -0.138. The molecule has 0 amide bonds. The van der Waals surface area contributed by atoms with Crippen molar-refractivity contribution in [3.63, 3.8) is 0 Å². The molecule has 1 aliphatic rings. The van der Waals surface area contributed by atoms with Crippen LogP contribution in [0.1, 0.15) is 6.42 Å². The van der Waals surface area contributed by atoms with Gasteiger partial charge >= 0.3 is 5.97 Å². The molecule has 4 N–H and O–H groups in total. The summed E-state index contributed by atoms with van der Waals surface area (Å²) in [6, 6.07) is 0. The van der Waals surface area contributed by atoms with Crippen LogP contribution >= 0.6 is 0 Å². The minimum absolute atomic E-state index is 0.0278. The van der Waals surface area contributed by atoms with Crippen LogP contribution in [0.5, 0.6) is 0 Å². The van der Waals surface area contributed by atoms with E-state index in [2.05, 4.69) is 5.32 Å². The fourth-order valence-corrected chi connectivity index (χ4v) is 1.32. The Bertz CT molecular complexity index is 157. The van der Waals surface area contributed by atoms with Gasteiger partial charge in [-0.1, -0.05) is 0 Å². The molecule has 0 aromatic carbocycles. The molecular formula is C7H15N3O2. The highest BCUT2D eigenvalue weighted by atomic mass is 16.4. The number of carboxylic acids is 1. The second-order valence-electron chi connectivity index (χ2n) is 2.95. The summed E-state index contributed by atoms with van der Waals surface area (Å²) in [6.07, 6.45) is -0.301. The highest BCUT2D eigenvalue weighted by molar-refractivity contribution is 5.67. The Morgan fingerprint density at radius 3 is 2.67 bits per heavy atom. The summed E-state index contributed by atoms with van der Waals surface area (Å²) in [5, 5.41) is 11.7. The van der Waals surface area contributed by atoms with E-state index < -0.39 is 5.97 Å². The van der Waals surface area contributed by atoms with Crippen LogP contribution in [0.25, 0.3) is 0 Å². The molecule has 1 atom stereocenters. The number of carbonyl (C=O) groups is 1. The second kappa shape index (κ2) is 4.39. The third kappa shape index (κ3) is 2.77. The second-order valence-corrected chi connectivity index (χ2v) is 2.95. The van der Waals surface area contributed by atoms with Crippen LogP contribution < -0.4 is 11.1 Å². The molecule has 0 spiro atoms. The van der Waals surface area contributed by atoms with Crippen LogP contribution in [0.4, 0.5) is 0 Å². The maximum absolute atomic E-state index is 10.3. The van der Waals surface area contributed by atoms with E-state index in [1.165, 1.54) is 0 Å². The topological polar surface area (TPSA) is 78.6 Å². The first-order chi connectivity index (χ1) is 5.70. The fourth-order valence-electron chi connectivity index (χ4n) is 1.32. The number of nitrogens with one attached hydrogen (secondary N) is 1. The maximum atomic E-state index is 10.3. The monoisotopic (exact) mass is 173 g/mol. The van der Waals surface area contributed by atoms with Crippen molar-refractivity contribution in [1.82, 2.24) is 10.2 Å². The Balaban J connectivity index is 2.29. The molecule has 0 saturated carbocycles. The van der Waals surface area contributed by atoms with E-state index >= 15 is 0 Å². The van der Waals surface area contributed by atoms with E-state index in [0.29, 0.717) is 0 Å². The van der Waals surface area contributed by atoms with E-state index in [-0.39, 0.29) is 12.6 Å². The highest BCUT2D eigenvalue weighted by Gasteiger charge is 2.18. The van der Waals surface area contributed by atoms with Crippen molar-refractivity contribution in [2.45, 2.75) is 12.6 Å². The molecule has 0 bridgehead atoms. The molecule has 1 rings (SSSR count). The van der Waals surface area contributed by atoms with Crippen molar-refractivity contribution in [2.75, 3.05) is 26.2 Å². The summed E-state index contributed by atoms with van der Waals surface area (Å²) in [5.41, 5.74) is 5.67. The average molecular weight is 173 g/mol. The van der Waals surface area contributed by atoms with Crippen molar-refractivity contribution in [1.29, 1.82) is 0 Å². The number of nitrogens with two attached hydrogens (primary N) is 1. The van der Waals surface area contributed by atoms with Crippen molar-refractivity contribution in [3.8, 4) is 0 Å². The Morgan fingerprint density at radius 2 is 2.17 bits per heavy atom. The molecule has 5 heteroatoms. The number of piperazine rings is 1. The predicted octanol–water partition coefficient (Wildman–Crippen LogP) is -1.35. The molecule has 1 saturated heterocycles. The number of hydrogen-bond acceptors (Lipinski definition) is 4. The van der Waals surface area contributed by atoms with Crippen molar-refractivity contribution < 1.29 is 9.90 Å². The molecule has 1 aliphatic heterocycles. The summed E-state index contributed by atoms with van der Waals surface area (Å²) < 4.78 is 0. The Labute approximate surface area is 71.5 Å². The standard InChI is InChI=1S/C7H15N3O2/c8-6(5-7(11)12)10-3-1-9-2-4-10/h6,9H,1-5,8H2,(H,11,12). The number of hydrogen-bond donors (Lipinski definition) is 3. The van der Waals surface area contributed by atoms with Crippen LogP contribution in [0.3, 0.4) is 0 Å². The zero-order valence-corrected chi connectivity index (χ0v) is 6.99. The third-order valence-corrected chi connectivity index (χ3v) is 2.00. The van der Waals surface area contributed by atoms with Gasteiger partial charge in [-0.15, -0.1) is 0 Å². The number of carboxylic acid groups (broad SMARTS) is 1. The first-order valence-electron chi connectivity index (χ1n) is 4.12. The molecular weight excluding hydrogens is 158 g/mol. The zero-order chi connectivity index (χ0) is 8.97. The molecule has 1 unspecified atom stereocenters. The SMILES string of the molecule is NC(CC(=O)O)N1CCNCC1. The van der Waals surface area contributed by atoms with E-state index in [4.69, 9.17) is 10.8 Å². The van der Waals surface area contributed by atoms with E-state index in [1.54, 1.807) is 0 Å². The Kier molecular flexibility index (Phi) is 3.46. The van der Waals surface area contributed by atoms with Gasteiger partial charge in [0.15, 0.2) is 0 Å². The molecule has 70 valence electrons. The van der Waals surface area contributed by atoms with Gasteiger partial charge in [-0.05, 0) is 0 Å². The minimum atomic E-state index is -0.832. The van der Waals surface area contributed by atoms with Crippen LogP contribution in [0.2, 0.25) is 0 Å². The predicted molar refractivity (Wildman–Crippen MR) is 44.7 cm³/mol. The highest BCUT2D eigenvalue weighted by Crippen LogP contribution is 1.99. The summed E-state index contributed by atoms with van der Waals surface area (Å²) in [5.74, 6) is -0.832. The number of aliphatic carboxylic acids is 1. The molecule has 1 heterocycles. The smallest absolute Gasteiger partial charge is 0.306 e. The van der Waals surface area contributed by atoms with Crippen LogP contribution in [-0.4, -0.2) is 48.3 Å². The van der Waals surface area contributed by atoms with Gasteiger partial charge < -0.3 is 16.2 Å². The fraction of sp³-hybridized carbons (Fsp3) is 0.857. The maximum Gasteiger partial charge on any atom is 0.306 e. The van der Waals surface area contributed by atoms with Gasteiger partial charge in [0.05, 0.1) is 12.6 Å². The van der Waals surface area contributed by atoms with Crippen LogP contribution in [0, 0.1) is 0 Å². The summed E-state index contributed by atoms with van der Waals surface area (Å²) in [4.78, 5) is 12.3. The summed E-state index contributed by atoms with van der Waals surface area (Å²) >= 11 is 0. The Hall–Kier alpha value is -0.650. The molecule has 0 aliphatic carbocycles. The number of rotatable bonds is 3. The molecule has 1 fully saturated rings. The minimum Gasteiger partial charge on any atom is -0.481 e. The summed E-state index contributed by atoms with van der Waals surface area (Å²) in [6.45, 7) is 3.48. The molecule has 0 aromatic rings. The van der Waals surface area contributed by atoms with Crippen LogP contribution in [0.15, 0.2) is 0 Å². The van der Waals surface area contributed by atoms with Crippen LogP contribution in [-0.2, 0) is 4.79 Å². The van der Waals surface area contributed by atoms with Gasteiger partial charge in [0.25, 0.3) is 0 Å². The van der Waals surface area contributed by atoms with Gasteiger partial charge in [0.2, 0.25) is 0 Å². The van der Waals surface area contributed by atoms with Gasteiger partial charge in [0, 0.05) is 26.2 Å². The lowest BCUT2D eigenvalue weighted by atomic mass is 10.2.